The molecule has 3 rings (SSSR count). The van der Waals surface area contributed by atoms with Gasteiger partial charge in [-0.3, -0.25) is 5.32 Å². The van der Waals surface area contributed by atoms with Crippen LogP contribution >= 0.6 is 23.5 Å². The van der Waals surface area contributed by atoms with Crippen LogP contribution in [0.2, 0.25) is 5.02 Å². The first-order valence-corrected chi connectivity index (χ1v) is 10.2. The van der Waals surface area contributed by atoms with Crippen LogP contribution in [0, 0.1) is 6.92 Å². The summed E-state index contributed by atoms with van der Waals surface area (Å²) >= 11 is 7.68. The van der Waals surface area contributed by atoms with Gasteiger partial charge in [0.1, 0.15) is 17.5 Å². The molecule has 3 aromatic rings. The Morgan fingerprint density at radius 2 is 1.93 bits per heavy atom. The smallest absolute Gasteiger partial charge is 0.412 e. The van der Waals surface area contributed by atoms with Crippen LogP contribution in [0.25, 0.3) is 11.3 Å². The third kappa shape index (κ3) is 4.61. The average Bonchev–Trinajstić information content (AvgIpc) is 3.03. The molecule has 1 atom stereocenters. The Labute approximate surface area is 172 Å². The Morgan fingerprint density at radius 3 is 2.61 bits per heavy atom. The quantitative estimate of drug-likeness (QED) is 0.458. The van der Waals surface area contributed by atoms with Gasteiger partial charge in [0.15, 0.2) is 5.76 Å². The molecule has 1 amide bonds. The van der Waals surface area contributed by atoms with Crippen molar-refractivity contribution in [1.29, 1.82) is 0 Å². The average molecular weight is 418 g/mol. The summed E-state index contributed by atoms with van der Waals surface area (Å²) in [6.45, 7) is 3.52. The summed E-state index contributed by atoms with van der Waals surface area (Å²) in [5.74, 6) is 0.468. The van der Waals surface area contributed by atoms with E-state index < -0.39 is 12.2 Å². The molecule has 1 unspecified atom stereocenters. The van der Waals surface area contributed by atoms with Gasteiger partial charge in [-0.2, -0.15) is 0 Å². The van der Waals surface area contributed by atoms with Crippen LogP contribution in [0.15, 0.2) is 53.1 Å². The van der Waals surface area contributed by atoms with Crippen LogP contribution in [-0.4, -0.2) is 17.5 Å². The summed E-state index contributed by atoms with van der Waals surface area (Å²) in [5, 5.41) is 7.25. The highest BCUT2D eigenvalue weighted by molar-refractivity contribution is 7.99. The first-order valence-electron chi connectivity index (χ1n) is 8.57. The topological polar surface area (TPSA) is 76.4 Å². The van der Waals surface area contributed by atoms with Gasteiger partial charge in [0.2, 0.25) is 0 Å². The van der Waals surface area contributed by atoms with Gasteiger partial charge in [0.25, 0.3) is 0 Å². The molecule has 146 valence electrons. The number of aryl methyl sites for hydroxylation is 1. The Bertz CT molecular complexity index is 960. The number of amides is 1. The number of hydrogen-bond acceptors (Lipinski definition) is 6. The van der Waals surface area contributed by atoms with E-state index in [4.69, 9.17) is 20.9 Å². The predicted octanol–water partition coefficient (Wildman–Crippen LogP) is 6.30. The highest BCUT2D eigenvalue weighted by Crippen LogP contribution is 2.32. The van der Waals surface area contributed by atoms with E-state index in [1.54, 1.807) is 19.9 Å². The van der Waals surface area contributed by atoms with E-state index in [1.807, 2.05) is 48.7 Å². The van der Waals surface area contributed by atoms with E-state index in [0.717, 1.165) is 16.8 Å². The van der Waals surface area contributed by atoms with Gasteiger partial charge in [-0.25, -0.2) is 4.79 Å². The molecule has 0 aliphatic carbocycles. The Kier molecular flexibility index (Phi) is 6.49. The standard InChI is InChI=1S/C20H20ClN3O3S/c1-12-18(19(27-23-12)14-8-10-15(11-9-14)24-28-3)22-20(25)26-13(2)16-6-4-5-7-17(16)21/h4-11,13,24H,1-3H3,(H,22,25). The van der Waals surface area contributed by atoms with Crippen molar-refractivity contribution in [2.24, 2.45) is 0 Å². The largest absolute Gasteiger partial charge is 0.441 e. The number of halogens is 1. The van der Waals surface area contributed by atoms with Gasteiger partial charge in [0.05, 0.1) is 0 Å². The van der Waals surface area contributed by atoms with Crippen molar-refractivity contribution in [3.05, 3.63) is 64.8 Å². The molecule has 28 heavy (non-hydrogen) atoms. The fourth-order valence-corrected chi connectivity index (χ4v) is 3.34. The number of nitrogens with one attached hydrogen (secondary N) is 2. The summed E-state index contributed by atoms with van der Waals surface area (Å²) in [6, 6.07) is 14.9. The molecule has 8 heteroatoms. The highest BCUT2D eigenvalue weighted by atomic mass is 35.5. The first kappa shape index (κ1) is 20.1. The number of benzene rings is 2. The monoisotopic (exact) mass is 417 g/mol. The molecule has 0 bridgehead atoms. The molecule has 0 spiro atoms. The number of aromatic nitrogens is 1. The minimum Gasteiger partial charge on any atom is -0.441 e. The normalized spacial score (nSPS) is 11.7. The van der Waals surface area contributed by atoms with E-state index in [0.29, 0.717) is 22.2 Å². The Morgan fingerprint density at radius 1 is 1.21 bits per heavy atom. The van der Waals surface area contributed by atoms with Crippen LogP contribution in [0.4, 0.5) is 16.2 Å². The molecule has 1 heterocycles. The lowest BCUT2D eigenvalue weighted by Gasteiger charge is -2.15. The molecular weight excluding hydrogens is 398 g/mol. The van der Waals surface area contributed by atoms with Gasteiger partial charge in [-0.05, 0) is 44.2 Å². The van der Waals surface area contributed by atoms with Gasteiger partial charge in [-0.15, -0.1) is 0 Å². The second-order valence-electron chi connectivity index (χ2n) is 6.05. The minimum absolute atomic E-state index is 0.468. The second kappa shape index (κ2) is 9.03. The van der Waals surface area contributed by atoms with Crippen molar-refractivity contribution in [3.63, 3.8) is 0 Å². The van der Waals surface area contributed by atoms with Gasteiger partial charge in [0, 0.05) is 28.1 Å². The summed E-state index contributed by atoms with van der Waals surface area (Å²) in [6.07, 6.45) is 0.834. The maximum atomic E-state index is 12.4. The maximum Gasteiger partial charge on any atom is 0.412 e. The molecule has 0 saturated carbocycles. The van der Waals surface area contributed by atoms with Crippen molar-refractivity contribution < 1.29 is 14.1 Å². The predicted molar refractivity (Wildman–Crippen MR) is 114 cm³/mol. The fourth-order valence-electron chi connectivity index (χ4n) is 2.68. The Hall–Kier alpha value is -2.64. The van der Waals surface area contributed by atoms with Crippen LogP contribution in [0.1, 0.15) is 24.3 Å². The second-order valence-corrected chi connectivity index (χ2v) is 7.07. The lowest BCUT2D eigenvalue weighted by atomic mass is 10.1. The molecule has 0 aliphatic heterocycles. The molecule has 2 N–H and O–H groups in total. The number of rotatable bonds is 6. The van der Waals surface area contributed by atoms with Crippen LogP contribution in [0.5, 0.6) is 0 Å². The molecule has 0 radical (unpaired) electrons. The summed E-state index contributed by atoms with van der Waals surface area (Å²) < 4.78 is 14.0. The SMILES string of the molecule is CSNc1ccc(-c2onc(C)c2NC(=O)OC(C)c2ccccc2Cl)cc1. The molecule has 0 aliphatic rings. The number of carbonyl (C=O) groups is 1. The lowest BCUT2D eigenvalue weighted by Crippen LogP contribution is -2.17. The highest BCUT2D eigenvalue weighted by Gasteiger charge is 2.20. The Balaban J connectivity index is 1.75. The molecule has 0 saturated heterocycles. The van der Waals surface area contributed by atoms with E-state index in [-0.39, 0.29) is 0 Å². The zero-order valence-corrected chi connectivity index (χ0v) is 17.2. The minimum atomic E-state index is -0.611. The number of ether oxygens (including phenoxy) is 1. The lowest BCUT2D eigenvalue weighted by molar-refractivity contribution is 0.121. The van der Waals surface area contributed by atoms with E-state index in [2.05, 4.69) is 15.2 Å². The zero-order chi connectivity index (χ0) is 20.1. The molecular formula is C20H20ClN3O3S. The summed E-state index contributed by atoms with van der Waals surface area (Å²) in [7, 11) is 0. The van der Waals surface area contributed by atoms with Crippen molar-refractivity contribution >= 4 is 41.0 Å². The van der Waals surface area contributed by atoms with Crippen molar-refractivity contribution in [1.82, 2.24) is 5.16 Å². The maximum absolute atomic E-state index is 12.4. The fraction of sp³-hybridized carbons (Fsp3) is 0.200. The van der Waals surface area contributed by atoms with Crippen LogP contribution in [0.3, 0.4) is 0 Å². The molecule has 6 nitrogen and oxygen atoms in total. The molecule has 1 aromatic heterocycles. The van der Waals surface area contributed by atoms with Crippen molar-refractivity contribution in [3.8, 4) is 11.3 Å². The first-order chi connectivity index (χ1) is 13.5. The van der Waals surface area contributed by atoms with Gasteiger partial charge < -0.3 is 14.0 Å². The third-order valence-corrected chi connectivity index (χ3v) is 4.87. The number of anilines is 2. The van der Waals surface area contributed by atoms with Crippen LogP contribution in [-0.2, 0) is 4.74 Å². The number of carbonyl (C=O) groups excluding carboxylic acids is 1. The van der Waals surface area contributed by atoms with Crippen molar-refractivity contribution in [2.45, 2.75) is 20.0 Å². The van der Waals surface area contributed by atoms with E-state index >= 15 is 0 Å². The van der Waals surface area contributed by atoms with Gasteiger partial charge >= 0.3 is 6.09 Å². The van der Waals surface area contributed by atoms with Crippen LogP contribution < -0.4 is 10.0 Å². The number of hydrogen-bond donors (Lipinski definition) is 2. The van der Waals surface area contributed by atoms with E-state index in [9.17, 15) is 4.79 Å². The van der Waals surface area contributed by atoms with Crippen molar-refractivity contribution in [2.75, 3.05) is 16.3 Å². The third-order valence-electron chi connectivity index (χ3n) is 4.08. The van der Waals surface area contributed by atoms with Gasteiger partial charge in [-0.1, -0.05) is 46.9 Å². The summed E-state index contributed by atoms with van der Waals surface area (Å²) in [5.41, 5.74) is 3.53. The molecule has 2 aromatic carbocycles. The molecule has 0 fully saturated rings. The summed E-state index contributed by atoms with van der Waals surface area (Å²) in [4.78, 5) is 12.4. The van der Waals surface area contributed by atoms with E-state index in [1.165, 1.54) is 11.9 Å². The zero-order valence-electron chi connectivity index (χ0n) is 15.7. The number of nitrogens with zero attached hydrogens (tertiary/aromatic N) is 1.